The molecule has 5 nitrogen and oxygen atoms in total. The van der Waals surface area contributed by atoms with Gasteiger partial charge in [0.25, 0.3) is 0 Å². The van der Waals surface area contributed by atoms with E-state index in [0.29, 0.717) is 12.4 Å². The van der Waals surface area contributed by atoms with Gasteiger partial charge in [-0.3, -0.25) is 4.79 Å². The zero-order valence-electron chi connectivity index (χ0n) is 19.0. The fraction of sp³-hybridized carbons (Fsp3) is 0.696. The van der Waals surface area contributed by atoms with E-state index in [0.717, 1.165) is 44.3 Å². The quantitative estimate of drug-likeness (QED) is 0.288. The molecule has 1 fully saturated rings. The normalized spacial score (nSPS) is 18.5. The van der Waals surface area contributed by atoms with Crippen LogP contribution in [0.15, 0.2) is 24.3 Å². The van der Waals surface area contributed by atoms with Crippen LogP contribution in [-0.2, 0) is 25.3 Å². The fourth-order valence-corrected chi connectivity index (χ4v) is 3.58. The van der Waals surface area contributed by atoms with Gasteiger partial charge in [0.05, 0.1) is 24.9 Å². The van der Waals surface area contributed by atoms with Crippen LogP contribution in [0.2, 0.25) is 5.82 Å². The van der Waals surface area contributed by atoms with Crippen LogP contribution in [0.25, 0.3) is 0 Å². The standard InChI is InChI=1S/C23H37BO5/c1-18(25)27-17-8-7-11-20(24-28-22(2,3)23(4,5)29-24)12-9-10-19-13-15-21(26-6)16-14-19/h13-16,20H,7-12,17H2,1-6H3/t20-/m0/s1. The summed E-state index contributed by atoms with van der Waals surface area (Å²) in [6, 6.07) is 8.27. The molecule has 1 aromatic rings. The van der Waals surface area contributed by atoms with E-state index < -0.39 is 0 Å². The molecular formula is C23H37BO5. The largest absolute Gasteiger partial charge is 0.497 e. The number of methoxy groups -OCH3 is 1. The van der Waals surface area contributed by atoms with Crippen LogP contribution in [-0.4, -0.2) is 38.0 Å². The van der Waals surface area contributed by atoms with Crippen molar-refractivity contribution in [3.8, 4) is 5.75 Å². The minimum Gasteiger partial charge on any atom is -0.497 e. The molecule has 0 aromatic heterocycles. The maximum Gasteiger partial charge on any atom is 0.461 e. The summed E-state index contributed by atoms with van der Waals surface area (Å²) in [6.07, 6.45) is 5.99. The summed E-state index contributed by atoms with van der Waals surface area (Å²) in [4.78, 5) is 10.9. The Hall–Kier alpha value is -1.53. The summed E-state index contributed by atoms with van der Waals surface area (Å²) in [5, 5.41) is 0. The van der Waals surface area contributed by atoms with Crippen molar-refractivity contribution in [1.82, 2.24) is 0 Å². The van der Waals surface area contributed by atoms with Gasteiger partial charge in [0.15, 0.2) is 0 Å². The highest BCUT2D eigenvalue weighted by Crippen LogP contribution is 2.42. The maximum absolute atomic E-state index is 10.9. The summed E-state index contributed by atoms with van der Waals surface area (Å²) >= 11 is 0. The smallest absolute Gasteiger partial charge is 0.461 e. The fourth-order valence-electron chi connectivity index (χ4n) is 3.58. The number of ether oxygens (including phenoxy) is 2. The van der Waals surface area contributed by atoms with E-state index in [-0.39, 0.29) is 24.3 Å². The molecule has 1 aliphatic heterocycles. The lowest BCUT2D eigenvalue weighted by atomic mass is 9.66. The Morgan fingerprint density at radius 1 is 1.00 bits per heavy atom. The third kappa shape index (κ3) is 7.04. The highest BCUT2D eigenvalue weighted by molar-refractivity contribution is 6.47. The zero-order chi connectivity index (χ0) is 21.5. The second-order valence-corrected chi connectivity index (χ2v) is 8.96. The number of hydrogen-bond acceptors (Lipinski definition) is 5. The lowest BCUT2D eigenvalue weighted by Crippen LogP contribution is -2.41. The molecule has 0 aliphatic carbocycles. The number of unbranched alkanes of at least 4 members (excludes halogenated alkanes) is 1. The Kier molecular flexibility index (Phi) is 8.59. The van der Waals surface area contributed by atoms with Gasteiger partial charge in [-0.2, -0.15) is 0 Å². The monoisotopic (exact) mass is 404 g/mol. The minimum atomic E-state index is -0.316. The highest BCUT2D eigenvalue weighted by atomic mass is 16.7. The molecule has 1 heterocycles. The Bertz CT molecular complexity index is 625. The van der Waals surface area contributed by atoms with Gasteiger partial charge in [0.1, 0.15) is 5.75 Å². The van der Waals surface area contributed by atoms with E-state index in [4.69, 9.17) is 18.8 Å². The summed E-state index contributed by atoms with van der Waals surface area (Å²) in [6.45, 7) is 10.3. The van der Waals surface area contributed by atoms with E-state index in [1.165, 1.54) is 12.5 Å². The summed E-state index contributed by atoms with van der Waals surface area (Å²) in [5.74, 6) is 0.996. The van der Waals surface area contributed by atoms with E-state index in [1.807, 2.05) is 12.1 Å². The van der Waals surface area contributed by atoms with E-state index >= 15 is 0 Å². The van der Waals surface area contributed by atoms with Gasteiger partial charge >= 0.3 is 13.1 Å². The number of benzene rings is 1. The number of hydrogen-bond donors (Lipinski definition) is 0. The molecule has 1 saturated heterocycles. The van der Waals surface area contributed by atoms with Crippen molar-refractivity contribution < 1.29 is 23.6 Å². The predicted molar refractivity (Wildman–Crippen MR) is 116 cm³/mol. The van der Waals surface area contributed by atoms with Crippen LogP contribution in [0.3, 0.4) is 0 Å². The lowest BCUT2D eigenvalue weighted by Gasteiger charge is -2.32. The zero-order valence-corrected chi connectivity index (χ0v) is 19.0. The average molecular weight is 404 g/mol. The molecule has 0 spiro atoms. The second-order valence-electron chi connectivity index (χ2n) is 8.96. The van der Waals surface area contributed by atoms with Crippen molar-refractivity contribution in [2.24, 2.45) is 0 Å². The molecule has 0 radical (unpaired) electrons. The Morgan fingerprint density at radius 3 is 2.14 bits per heavy atom. The molecule has 162 valence electrons. The second kappa shape index (κ2) is 10.5. The molecule has 0 amide bonds. The Morgan fingerprint density at radius 2 is 1.59 bits per heavy atom. The van der Waals surface area contributed by atoms with Gasteiger partial charge in [-0.25, -0.2) is 0 Å². The maximum atomic E-state index is 10.9. The van der Waals surface area contributed by atoms with Gasteiger partial charge in [0, 0.05) is 6.92 Å². The van der Waals surface area contributed by atoms with Crippen LogP contribution in [0.4, 0.5) is 0 Å². The molecule has 1 aromatic carbocycles. The summed E-state index contributed by atoms with van der Waals surface area (Å²) in [5.41, 5.74) is 0.682. The van der Waals surface area contributed by atoms with Crippen molar-refractivity contribution in [2.75, 3.05) is 13.7 Å². The molecular weight excluding hydrogens is 367 g/mol. The number of carbonyl (C=O) groups is 1. The van der Waals surface area contributed by atoms with Crippen molar-refractivity contribution in [3.63, 3.8) is 0 Å². The van der Waals surface area contributed by atoms with Crippen molar-refractivity contribution in [1.29, 1.82) is 0 Å². The Labute approximate surface area is 176 Å². The van der Waals surface area contributed by atoms with E-state index in [9.17, 15) is 4.79 Å². The molecule has 0 N–H and O–H groups in total. The molecule has 1 aliphatic rings. The van der Waals surface area contributed by atoms with Crippen molar-refractivity contribution in [3.05, 3.63) is 29.8 Å². The molecule has 0 saturated carbocycles. The highest BCUT2D eigenvalue weighted by Gasteiger charge is 2.53. The molecule has 0 bridgehead atoms. The third-order valence-electron chi connectivity index (χ3n) is 6.13. The molecule has 29 heavy (non-hydrogen) atoms. The van der Waals surface area contributed by atoms with Crippen LogP contribution in [0.1, 0.15) is 72.3 Å². The Balaban J connectivity index is 1.90. The van der Waals surface area contributed by atoms with Crippen LogP contribution in [0, 0.1) is 0 Å². The third-order valence-corrected chi connectivity index (χ3v) is 6.13. The number of carbonyl (C=O) groups excluding carboxylic acids is 1. The van der Waals surface area contributed by atoms with Gasteiger partial charge in [0.2, 0.25) is 0 Å². The first kappa shape index (κ1) is 23.8. The average Bonchev–Trinajstić information content (AvgIpc) is 2.87. The first-order valence-corrected chi connectivity index (χ1v) is 10.8. The van der Waals surface area contributed by atoms with E-state index in [2.05, 4.69) is 39.8 Å². The first-order valence-electron chi connectivity index (χ1n) is 10.8. The van der Waals surface area contributed by atoms with Gasteiger partial charge in [-0.05, 0) is 70.5 Å². The first-order chi connectivity index (χ1) is 13.6. The van der Waals surface area contributed by atoms with Crippen molar-refractivity contribution in [2.45, 2.75) is 90.2 Å². The summed E-state index contributed by atoms with van der Waals surface area (Å²) in [7, 11) is 1.50. The predicted octanol–water partition coefficient (Wildman–Crippen LogP) is 5.21. The number of rotatable bonds is 11. The molecule has 0 unspecified atom stereocenters. The molecule has 1 atom stereocenters. The summed E-state index contributed by atoms with van der Waals surface area (Å²) < 4.78 is 23.0. The van der Waals surface area contributed by atoms with Gasteiger partial charge in [-0.15, -0.1) is 0 Å². The van der Waals surface area contributed by atoms with Crippen LogP contribution < -0.4 is 4.74 Å². The topological polar surface area (TPSA) is 54.0 Å². The van der Waals surface area contributed by atoms with Crippen LogP contribution >= 0.6 is 0 Å². The van der Waals surface area contributed by atoms with Crippen molar-refractivity contribution >= 4 is 13.1 Å². The van der Waals surface area contributed by atoms with Gasteiger partial charge in [-0.1, -0.05) is 31.4 Å². The number of aryl methyl sites for hydroxylation is 1. The SMILES string of the molecule is COc1ccc(CCC[C@H](CCCCOC(C)=O)B2OC(C)(C)C(C)(C)O2)cc1. The van der Waals surface area contributed by atoms with Gasteiger partial charge < -0.3 is 18.8 Å². The lowest BCUT2D eigenvalue weighted by molar-refractivity contribution is -0.141. The minimum absolute atomic E-state index is 0.190. The molecule has 6 heteroatoms. The van der Waals surface area contributed by atoms with Crippen LogP contribution in [0.5, 0.6) is 5.75 Å². The number of esters is 1. The molecule has 2 rings (SSSR count). The van der Waals surface area contributed by atoms with E-state index in [1.54, 1.807) is 7.11 Å².